The Bertz CT molecular complexity index is 290. The Morgan fingerprint density at radius 2 is 1.00 bits per heavy atom. The zero-order valence-corrected chi connectivity index (χ0v) is 9.65. The van der Waals surface area contributed by atoms with Crippen LogP contribution in [0.5, 0.6) is 0 Å². The lowest BCUT2D eigenvalue weighted by Crippen LogP contribution is -2.29. The minimum Gasteiger partial charge on any atom is -0.0616 e. The van der Waals surface area contributed by atoms with Crippen LogP contribution < -0.4 is 0 Å². The summed E-state index contributed by atoms with van der Waals surface area (Å²) in [5, 5.41) is 0. The highest BCUT2D eigenvalue weighted by Crippen LogP contribution is 2.68. The Morgan fingerprint density at radius 3 is 1.15 bits per heavy atom. The van der Waals surface area contributed by atoms with Crippen LogP contribution in [0.1, 0.15) is 41.5 Å². The molecule has 1 saturated carbocycles. The first-order valence-corrected chi connectivity index (χ1v) is 5.16. The van der Waals surface area contributed by atoms with E-state index < -0.39 is 0 Å². The second-order valence-electron chi connectivity index (χ2n) is 6.04. The summed E-state index contributed by atoms with van der Waals surface area (Å²) in [5.74, 6) is 0. The molecule has 0 N–H and O–H groups in total. The van der Waals surface area contributed by atoms with Crippen LogP contribution in [0.3, 0.4) is 0 Å². The van der Waals surface area contributed by atoms with Crippen LogP contribution in [0, 0.1) is 16.2 Å². The van der Waals surface area contributed by atoms with E-state index in [4.69, 9.17) is 0 Å². The fourth-order valence-corrected chi connectivity index (χ4v) is 3.38. The molecule has 72 valence electrons. The largest absolute Gasteiger partial charge is 0.0616 e. The summed E-state index contributed by atoms with van der Waals surface area (Å²) in [5.41, 5.74) is 4.20. The molecule has 0 unspecified atom stereocenters. The van der Waals surface area contributed by atoms with Gasteiger partial charge in [-0.25, -0.2) is 0 Å². The Morgan fingerprint density at radius 1 is 0.692 bits per heavy atom. The van der Waals surface area contributed by atoms with Gasteiger partial charge in [0.25, 0.3) is 0 Å². The Labute approximate surface area is 81.7 Å². The summed E-state index contributed by atoms with van der Waals surface area (Å²) >= 11 is 0. The van der Waals surface area contributed by atoms with Crippen molar-refractivity contribution < 1.29 is 0 Å². The fraction of sp³-hybridized carbons (Fsp3) is 0.692. The van der Waals surface area contributed by atoms with E-state index in [1.54, 1.807) is 11.1 Å². The summed E-state index contributed by atoms with van der Waals surface area (Å²) in [4.78, 5) is 0. The van der Waals surface area contributed by atoms with Crippen molar-refractivity contribution in [3.05, 3.63) is 23.3 Å². The number of hydrogen-bond acceptors (Lipinski definition) is 0. The fourth-order valence-electron chi connectivity index (χ4n) is 3.38. The number of hydrogen-bond donors (Lipinski definition) is 0. The number of allylic oxidation sites excluding steroid dienone is 4. The van der Waals surface area contributed by atoms with Crippen molar-refractivity contribution in [1.29, 1.82) is 0 Å². The second-order valence-corrected chi connectivity index (χ2v) is 6.04. The van der Waals surface area contributed by atoms with E-state index in [-0.39, 0.29) is 0 Å². The zero-order valence-electron chi connectivity index (χ0n) is 9.65. The Balaban J connectivity index is 2.65. The maximum Gasteiger partial charge on any atom is 0.00816 e. The lowest BCUT2D eigenvalue weighted by Gasteiger charge is -2.38. The maximum atomic E-state index is 2.38. The van der Waals surface area contributed by atoms with Gasteiger partial charge in [-0.2, -0.15) is 0 Å². The van der Waals surface area contributed by atoms with Gasteiger partial charge >= 0.3 is 0 Å². The molecule has 0 heterocycles. The molecule has 1 fully saturated rings. The number of fused-ring (bicyclic) bond motifs is 2. The molecule has 0 aliphatic heterocycles. The predicted molar refractivity (Wildman–Crippen MR) is 57.5 cm³/mol. The van der Waals surface area contributed by atoms with Crippen molar-refractivity contribution in [2.75, 3.05) is 0 Å². The summed E-state index contributed by atoms with van der Waals surface area (Å²) in [6, 6.07) is 0. The third-order valence-corrected chi connectivity index (χ3v) is 4.67. The summed E-state index contributed by atoms with van der Waals surface area (Å²) in [6.07, 6.45) is 4.67. The molecule has 0 spiro atoms. The molecule has 2 aliphatic carbocycles. The third kappa shape index (κ3) is 0.734. The zero-order chi connectivity index (χ0) is 10.1. The standard InChI is InChI=1S/C13H20/c1-11(2)9-7-8-10(11)13(5,6)12(9,3)4/h7-8H,1-6H3. The summed E-state index contributed by atoms with van der Waals surface area (Å²) in [7, 11) is 0. The van der Waals surface area contributed by atoms with E-state index in [9.17, 15) is 0 Å². The van der Waals surface area contributed by atoms with Crippen LogP contribution in [0.15, 0.2) is 23.3 Å². The highest BCUT2D eigenvalue weighted by Gasteiger charge is 2.58. The lowest BCUT2D eigenvalue weighted by atomic mass is 9.66. The first kappa shape index (κ1) is 9.05. The molecule has 0 aromatic heterocycles. The predicted octanol–water partition coefficient (Wildman–Crippen LogP) is 3.95. The maximum absolute atomic E-state index is 2.38. The van der Waals surface area contributed by atoms with E-state index in [1.165, 1.54) is 0 Å². The second kappa shape index (κ2) is 1.94. The summed E-state index contributed by atoms with van der Waals surface area (Å²) in [6.45, 7) is 14.2. The highest BCUT2D eigenvalue weighted by molar-refractivity contribution is 5.53. The van der Waals surface area contributed by atoms with Crippen molar-refractivity contribution in [3.8, 4) is 0 Å². The van der Waals surface area contributed by atoms with Crippen molar-refractivity contribution in [1.82, 2.24) is 0 Å². The molecule has 2 bridgehead atoms. The lowest BCUT2D eigenvalue weighted by molar-refractivity contribution is 0.229. The van der Waals surface area contributed by atoms with Crippen LogP contribution >= 0.6 is 0 Å². The van der Waals surface area contributed by atoms with E-state index in [1.807, 2.05) is 0 Å². The van der Waals surface area contributed by atoms with Gasteiger partial charge in [-0.3, -0.25) is 0 Å². The molecule has 0 radical (unpaired) electrons. The monoisotopic (exact) mass is 176 g/mol. The molecule has 0 atom stereocenters. The SMILES string of the molecule is CC1(C)C2=CC=C1C(C)(C)C2(C)C. The van der Waals surface area contributed by atoms with Crippen molar-refractivity contribution >= 4 is 0 Å². The molecule has 0 nitrogen and oxygen atoms in total. The molecule has 0 aromatic carbocycles. The van der Waals surface area contributed by atoms with Gasteiger partial charge in [-0.1, -0.05) is 64.8 Å². The van der Waals surface area contributed by atoms with E-state index in [0.717, 1.165) is 0 Å². The van der Waals surface area contributed by atoms with Crippen LogP contribution in [0.2, 0.25) is 0 Å². The molecule has 0 saturated heterocycles. The molecular formula is C13H20. The third-order valence-electron chi connectivity index (χ3n) is 4.67. The van der Waals surface area contributed by atoms with Crippen LogP contribution in [0.4, 0.5) is 0 Å². The first-order chi connectivity index (χ1) is 5.72. The topological polar surface area (TPSA) is 0 Å². The Kier molecular flexibility index (Phi) is 1.35. The molecule has 2 aliphatic rings. The number of rotatable bonds is 0. The highest BCUT2D eigenvalue weighted by atomic mass is 14.6. The first-order valence-electron chi connectivity index (χ1n) is 5.16. The average molecular weight is 176 g/mol. The quantitative estimate of drug-likeness (QED) is 0.524. The summed E-state index contributed by atoms with van der Waals surface area (Å²) < 4.78 is 0. The van der Waals surface area contributed by atoms with Crippen LogP contribution in [0.25, 0.3) is 0 Å². The van der Waals surface area contributed by atoms with Crippen molar-refractivity contribution in [3.63, 3.8) is 0 Å². The minimum atomic E-state index is 0.312. The van der Waals surface area contributed by atoms with E-state index >= 15 is 0 Å². The van der Waals surface area contributed by atoms with Crippen molar-refractivity contribution in [2.24, 2.45) is 16.2 Å². The Hall–Kier alpha value is -0.520. The van der Waals surface area contributed by atoms with Crippen molar-refractivity contribution in [2.45, 2.75) is 41.5 Å². The molecule has 0 amide bonds. The van der Waals surface area contributed by atoms with Crippen LogP contribution in [-0.4, -0.2) is 0 Å². The van der Waals surface area contributed by atoms with Crippen LogP contribution in [-0.2, 0) is 0 Å². The van der Waals surface area contributed by atoms with Gasteiger partial charge in [0, 0.05) is 5.41 Å². The normalized spacial score (nSPS) is 31.5. The van der Waals surface area contributed by atoms with Gasteiger partial charge in [-0.15, -0.1) is 0 Å². The average Bonchev–Trinajstić information content (AvgIpc) is 2.27. The molecular weight excluding hydrogens is 156 g/mol. The molecule has 2 rings (SSSR count). The van der Waals surface area contributed by atoms with E-state index in [2.05, 4.69) is 53.7 Å². The van der Waals surface area contributed by atoms with Gasteiger partial charge in [-0.05, 0) is 10.8 Å². The van der Waals surface area contributed by atoms with Gasteiger partial charge in [0.1, 0.15) is 0 Å². The van der Waals surface area contributed by atoms with Gasteiger partial charge < -0.3 is 0 Å². The van der Waals surface area contributed by atoms with E-state index in [0.29, 0.717) is 16.2 Å². The smallest absolute Gasteiger partial charge is 0.00816 e. The molecule has 0 aromatic rings. The van der Waals surface area contributed by atoms with Gasteiger partial charge in [0.05, 0.1) is 0 Å². The van der Waals surface area contributed by atoms with Gasteiger partial charge in [0.2, 0.25) is 0 Å². The molecule has 13 heavy (non-hydrogen) atoms. The minimum absolute atomic E-state index is 0.312. The molecule has 0 heteroatoms. The van der Waals surface area contributed by atoms with Gasteiger partial charge in [0.15, 0.2) is 0 Å².